The first-order valence-electron chi connectivity index (χ1n) is 11.8. The molecule has 2 rings (SSSR count). The van der Waals surface area contributed by atoms with Crippen LogP contribution in [-0.2, 0) is 0 Å². The summed E-state index contributed by atoms with van der Waals surface area (Å²) in [4.78, 5) is 4.40. The van der Waals surface area contributed by atoms with Crippen LogP contribution >= 0.6 is 0 Å². The molecule has 0 aromatic heterocycles. The Morgan fingerprint density at radius 3 is 2.66 bits per heavy atom. The second-order valence-electron chi connectivity index (χ2n) is 10.0. The highest BCUT2D eigenvalue weighted by Crippen LogP contribution is 2.37. The van der Waals surface area contributed by atoms with Gasteiger partial charge in [-0.1, -0.05) is 42.4 Å². The zero-order chi connectivity index (χ0) is 21.3. The normalized spacial score (nSPS) is 29.1. The molecule has 2 saturated heterocycles. The predicted octanol–water partition coefficient (Wildman–Crippen LogP) is 5.43. The minimum Gasteiger partial charge on any atom is -0.859 e. The fraction of sp³-hybridized carbons (Fsp3) is 0.731. The average molecular weight is 401 g/mol. The van der Waals surface area contributed by atoms with E-state index >= 15 is 0 Å². The number of fused-ring (bicyclic) bond motifs is 1. The fourth-order valence-corrected chi connectivity index (χ4v) is 5.08. The van der Waals surface area contributed by atoms with Gasteiger partial charge in [0.15, 0.2) is 0 Å². The molecule has 0 bridgehead atoms. The summed E-state index contributed by atoms with van der Waals surface area (Å²) in [5, 5.41) is 12.2. The van der Waals surface area contributed by atoms with Crippen molar-refractivity contribution >= 4 is 5.90 Å². The number of aliphatic imine (C=N–C) groups is 1. The van der Waals surface area contributed by atoms with Gasteiger partial charge in [-0.3, -0.25) is 0 Å². The van der Waals surface area contributed by atoms with E-state index in [-0.39, 0.29) is 5.90 Å². The SMILES string of the molecule is CC(C)=CCC/C(C)=C/CCC(C)/C=C/C([O-])=NC[C@@H]1CC[N@+]2(C)CCCC[C@H]12. The summed E-state index contributed by atoms with van der Waals surface area (Å²) in [5.41, 5.74) is 2.86. The van der Waals surface area contributed by atoms with E-state index in [1.165, 1.54) is 54.4 Å². The van der Waals surface area contributed by atoms with Gasteiger partial charge in [0.1, 0.15) is 0 Å². The van der Waals surface area contributed by atoms with Crippen LogP contribution in [0.25, 0.3) is 0 Å². The number of nitrogens with zero attached hydrogens (tertiary/aromatic N) is 2. The average Bonchev–Trinajstić information content (AvgIpc) is 3.01. The van der Waals surface area contributed by atoms with Gasteiger partial charge in [-0.25, -0.2) is 0 Å². The summed E-state index contributed by atoms with van der Waals surface area (Å²) < 4.78 is 1.22. The first-order valence-corrected chi connectivity index (χ1v) is 11.8. The fourth-order valence-electron chi connectivity index (χ4n) is 5.08. The van der Waals surface area contributed by atoms with Crippen molar-refractivity contribution in [2.24, 2.45) is 16.8 Å². The summed E-state index contributed by atoms with van der Waals surface area (Å²) >= 11 is 0. The molecule has 2 heterocycles. The summed E-state index contributed by atoms with van der Waals surface area (Å²) in [5.74, 6) is 0.984. The molecule has 2 aliphatic rings. The van der Waals surface area contributed by atoms with E-state index in [0.717, 1.165) is 38.3 Å². The predicted molar refractivity (Wildman–Crippen MR) is 124 cm³/mol. The largest absolute Gasteiger partial charge is 0.859 e. The van der Waals surface area contributed by atoms with E-state index in [1.807, 2.05) is 6.08 Å². The highest BCUT2D eigenvalue weighted by molar-refractivity contribution is 5.83. The number of rotatable bonds is 10. The standard InChI is InChI=1S/C26H44N2O/c1-21(2)10-8-11-22(3)12-9-13-23(4)15-16-26(29)27-20-24-17-19-28(5)18-7-6-14-25(24)28/h10,12,15-16,23-25H,6-9,11,13-14,17-20H2,1-5H3/b16-15+,22-12+/t23?,24-,25+,28-/m0/s1. The first kappa shape index (κ1) is 23.9. The maximum absolute atomic E-state index is 12.2. The molecule has 2 aliphatic heterocycles. The van der Waals surface area contributed by atoms with Crippen LogP contribution in [0.4, 0.5) is 0 Å². The first-order chi connectivity index (χ1) is 13.8. The van der Waals surface area contributed by atoms with Crippen LogP contribution in [-0.4, -0.2) is 43.1 Å². The van der Waals surface area contributed by atoms with Crippen molar-refractivity contribution in [2.75, 3.05) is 26.7 Å². The molecule has 0 amide bonds. The molecule has 1 unspecified atom stereocenters. The van der Waals surface area contributed by atoms with Gasteiger partial charge in [0.2, 0.25) is 0 Å². The van der Waals surface area contributed by atoms with E-state index in [4.69, 9.17) is 0 Å². The van der Waals surface area contributed by atoms with Gasteiger partial charge in [0.25, 0.3) is 0 Å². The Labute approximate surface area is 179 Å². The molecule has 164 valence electrons. The van der Waals surface area contributed by atoms with Crippen molar-refractivity contribution in [3.8, 4) is 0 Å². The van der Waals surface area contributed by atoms with E-state index in [9.17, 15) is 5.11 Å². The molecule has 29 heavy (non-hydrogen) atoms. The molecule has 2 fully saturated rings. The third kappa shape index (κ3) is 8.12. The molecule has 0 N–H and O–H groups in total. The van der Waals surface area contributed by atoms with Crippen LogP contribution in [0.1, 0.15) is 79.1 Å². The number of hydrogen-bond acceptors (Lipinski definition) is 2. The molecule has 3 heteroatoms. The Kier molecular flexibility index (Phi) is 9.68. The summed E-state index contributed by atoms with van der Waals surface area (Å²) in [6, 6.07) is 0.731. The molecule has 0 spiro atoms. The summed E-state index contributed by atoms with van der Waals surface area (Å²) in [7, 11) is 2.41. The van der Waals surface area contributed by atoms with E-state index in [1.54, 1.807) is 6.08 Å². The van der Waals surface area contributed by atoms with Gasteiger partial charge in [0, 0.05) is 25.3 Å². The lowest BCUT2D eigenvalue weighted by Crippen LogP contribution is -2.52. The molecule has 4 atom stereocenters. The van der Waals surface area contributed by atoms with Crippen molar-refractivity contribution in [1.29, 1.82) is 0 Å². The minimum absolute atomic E-state index is 0.0396. The quantitative estimate of drug-likeness (QED) is 0.208. The third-order valence-corrected chi connectivity index (χ3v) is 7.03. The Morgan fingerprint density at radius 2 is 1.90 bits per heavy atom. The van der Waals surface area contributed by atoms with Crippen LogP contribution in [0.15, 0.2) is 40.4 Å². The maximum Gasteiger partial charge on any atom is 0.0936 e. The lowest BCUT2D eigenvalue weighted by atomic mass is 9.92. The molecule has 0 aromatic carbocycles. The minimum atomic E-state index is -0.0396. The van der Waals surface area contributed by atoms with Crippen LogP contribution in [0.3, 0.4) is 0 Å². The van der Waals surface area contributed by atoms with Crippen LogP contribution < -0.4 is 5.11 Å². The van der Waals surface area contributed by atoms with Crippen molar-refractivity contribution < 1.29 is 9.59 Å². The van der Waals surface area contributed by atoms with Crippen molar-refractivity contribution in [3.63, 3.8) is 0 Å². The lowest BCUT2D eigenvalue weighted by Gasteiger charge is -2.41. The zero-order valence-electron chi connectivity index (χ0n) is 19.6. The molecule has 3 nitrogen and oxygen atoms in total. The second kappa shape index (κ2) is 11.7. The number of quaternary nitrogens is 1. The molecule has 0 aliphatic carbocycles. The van der Waals surface area contributed by atoms with Gasteiger partial charge >= 0.3 is 0 Å². The van der Waals surface area contributed by atoms with Gasteiger partial charge in [0.05, 0.1) is 26.2 Å². The highest BCUT2D eigenvalue weighted by atomic mass is 16.3. The van der Waals surface area contributed by atoms with Crippen molar-refractivity contribution in [3.05, 3.63) is 35.5 Å². The molecular weight excluding hydrogens is 356 g/mol. The van der Waals surface area contributed by atoms with Gasteiger partial charge in [-0.15, -0.1) is 0 Å². The smallest absolute Gasteiger partial charge is 0.0936 e. The zero-order valence-corrected chi connectivity index (χ0v) is 19.6. The Bertz CT molecular complexity index is 627. The molecule has 0 aromatic rings. The van der Waals surface area contributed by atoms with Crippen LogP contribution in [0, 0.1) is 11.8 Å². The van der Waals surface area contributed by atoms with Crippen LogP contribution in [0.5, 0.6) is 0 Å². The van der Waals surface area contributed by atoms with Crippen LogP contribution in [0.2, 0.25) is 0 Å². The molecule has 0 radical (unpaired) electrons. The molecule has 0 saturated carbocycles. The van der Waals surface area contributed by atoms with E-state index < -0.39 is 0 Å². The monoisotopic (exact) mass is 400 g/mol. The number of hydrogen-bond donors (Lipinski definition) is 0. The lowest BCUT2D eigenvalue weighted by molar-refractivity contribution is -0.927. The third-order valence-electron chi connectivity index (χ3n) is 7.03. The topological polar surface area (TPSA) is 35.4 Å². The highest BCUT2D eigenvalue weighted by Gasteiger charge is 2.46. The van der Waals surface area contributed by atoms with E-state index in [2.05, 4.69) is 51.9 Å². The Balaban J connectivity index is 1.71. The second-order valence-corrected chi connectivity index (χ2v) is 10.0. The summed E-state index contributed by atoms with van der Waals surface area (Å²) in [6.45, 7) is 12.0. The molecular formula is C26H44N2O. The van der Waals surface area contributed by atoms with Gasteiger partial charge in [-0.05, 0) is 71.1 Å². The van der Waals surface area contributed by atoms with Gasteiger partial charge in [-0.2, -0.15) is 0 Å². The number of piperidine rings is 1. The van der Waals surface area contributed by atoms with Crippen molar-refractivity contribution in [1.82, 2.24) is 0 Å². The Hall–Kier alpha value is -1.35. The Morgan fingerprint density at radius 1 is 1.10 bits per heavy atom. The van der Waals surface area contributed by atoms with E-state index in [0.29, 0.717) is 11.8 Å². The number of allylic oxidation sites excluding steroid dienone is 5. The summed E-state index contributed by atoms with van der Waals surface area (Å²) in [6.07, 6.45) is 18.1. The van der Waals surface area contributed by atoms with Gasteiger partial charge < -0.3 is 14.6 Å². The maximum atomic E-state index is 12.2. The van der Waals surface area contributed by atoms with Crippen molar-refractivity contribution in [2.45, 2.75) is 85.1 Å².